The molecule has 144 valence electrons. The summed E-state index contributed by atoms with van der Waals surface area (Å²) in [5.41, 5.74) is 2.16. The lowest BCUT2D eigenvalue weighted by Crippen LogP contribution is -2.24. The third-order valence-corrected chi connectivity index (χ3v) is 4.91. The number of thioether (sulfide) groups is 1. The second-order valence-electron chi connectivity index (χ2n) is 5.76. The van der Waals surface area contributed by atoms with Crippen LogP contribution in [0, 0.1) is 0 Å². The predicted octanol–water partition coefficient (Wildman–Crippen LogP) is 2.68. The molecule has 28 heavy (non-hydrogen) atoms. The fraction of sp³-hybridized carbons (Fsp3) is 0.167. The number of amides is 2. The summed E-state index contributed by atoms with van der Waals surface area (Å²) < 4.78 is 1.51. The average molecular weight is 417 g/mol. The van der Waals surface area contributed by atoms with Gasteiger partial charge in [-0.15, -0.1) is 5.10 Å². The lowest BCUT2D eigenvalue weighted by Gasteiger charge is -2.08. The van der Waals surface area contributed by atoms with Crippen molar-refractivity contribution in [3.05, 3.63) is 59.1 Å². The van der Waals surface area contributed by atoms with E-state index < -0.39 is 0 Å². The van der Waals surface area contributed by atoms with Gasteiger partial charge in [-0.25, -0.2) is 0 Å². The summed E-state index contributed by atoms with van der Waals surface area (Å²) in [6.07, 6.45) is 0. The zero-order valence-corrected chi connectivity index (χ0v) is 16.5. The first-order valence-corrected chi connectivity index (χ1v) is 9.68. The van der Waals surface area contributed by atoms with E-state index >= 15 is 0 Å². The SMILES string of the molecule is CC(=O)Nc1cccc(-n2nnnc2SCC(=O)NCc2ccccc2Cl)c1. The number of aromatic nitrogens is 4. The van der Waals surface area contributed by atoms with Crippen LogP contribution in [0.1, 0.15) is 12.5 Å². The smallest absolute Gasteiger partial charge is 0.230 e. The summed E-state index contributed by atoms with van der Waals surface area (Å²) in [7, 11) is 0. The van der Waals surface area contributed by atoms with Crippen molar-refractivity contribution in [2.75, 3.05) is 11.1 Å². The van der Waals surface area contributed by atoms with Crippen molar-refractivity contribution < 1.29 is 9.59 Å². The van der Waals surface area contributed by atoms with Crippen LogP contribution < -0.4 is 10.6 Å². The number of hydrogen-bond acceptors (Lipinski definition) is 6. The molecule has 10 heteroatoms. The summed E-state index contributed by atoms with van der Waals surface area (Å²) in [6, 6.07) is 14.5. The van der Waals surface area contributed by atoms with Gasteiger partial charge in [-0.1, -0.05) is 47.6 Å². The molecule has 2 N–H and O–H groups in total. The molecule has 0 spiro atoms. The molecule has 0 unspecified atom stereocenters. The summed E-state index contributed by atoms with van der Waals surface area (Å²) in [6.45, 7) is 1.79. The molecular weight excluding hydrogens is 400 g/mol. The van der Waals surface area contributed by atoms with Gasteiger partial charge in [0.05, 0.1) is 11.4 Å². The van der Waals surface area contributed by atoms with E-state index in [0.29, 0.717) is 28.1 Å². The van der Waals surface area contributed by atoms with Gasteiger partial charge in [0.25, 0.3) is 0 Å². The molecule has 0 aliphatic rings. The second-order valence-corrected chi connectivity index (χ2v) is 7.11. The molecule has 1 heterocycles. The zero-order chi connectivity index (χ0) is 19.9. The first kappa shape index (κ1) is 19.8. The molecule has 2 aromatic carbocycles. The van der Waals surface area contributed by atoms with E-state index in [1.807, 2.05) is 24.3 Å². The summed E-state index contributed by atoms with van der Waals surface area (Å²) in [5, 5.41) is 18.2. The summed E-state index contributed by atoms with van der Waals surface area (Å²) in [4.78, 5) is 23.4. The van der Waals surface area contributed by atoms with Crippen LogP contribution in [-0.4, -0.2) is 37.8 Å². The fourth-order valence-corrected chi connectivity index (χ4v) is 3.29. The van der Waals surface area contributed by atoms with Crippen LogP contribution in [0.2, 0.25) is 5.02 Å². The second kappa shape index (κ2) is 9.34. The van der Waals surface area contributed by atoms with Gasteiger partial charge in [0.1, 0.15) is 0 Å². The first-order chi connectivity index (χ1) is 13.5. The molecule has 3 aromatic rings. The van der Waals surface area contributed by atoms with E-state index in [0.717, 1.165) is 5.56 Å². The molecule has 0 radical (unpaired) electrons. The number of rotatable bonds is 7. The average Bonchev–Trinajstić information content (AvgIpc) is 3.14. The predicted molar refractivity (Wildman–Crippen MR) is 107 cm³/mol. The van der Waals surface area contributed by atoms with Crippen LogP contribution in [-0.2, 0) is 16.1 Å². The Hall–Kier alpha value is -2.91. The Labute approximate surface area is 170 Å². The van der Waals surface area contributed by atoms with Gasteiger partial charge < -0.3 is 10.6 Å². The van der Waals surface area contributed by atoms with Crippen molar-refractivity contribution in [2.45, 2.75) is 18.6 Å². The lowest BCUT2D eigenvalue weighted by atomic mass is 10.2. The third-order valence-electron chi connectivity index (χ3n) is 3.62. The van der Waals surface area contributed by atoms with Crippen molar-refractivity contribution in [2.24, 2.45) is 0 Å². The van der Waals surface area contributed by atoms with E-state index in [-0.39, 0.29) is 17.6 Å². The molecule has 0 saturated carbocycles. The Balaban J connectivity index is 1.61. The van der Waals surface area contributed by atoms with Crippen LogP contribution in [0.15, 0.2) is 53.7 Å². The first-order valence-electron chi connectivity index (χ1n) is 8.32. The van der Waals surface area contributed by atoms with Crippen LogP contribution in [0.5, 0.6) is 0 Å². The number of anilines is 1. The highest BCUT2D eigenvalue weighted by molar-refractivity contribution is 7.99. The van der Waals surface area contributed by atoms with Crippen molar-refractivity contribution in [1.29, 1.82) is 0 Å². The van der Waals surface area contributed by atoms with E-state index in [4.69, 9.17) is 11.6 Å². The van der Waals surface area contributed by atoms with Crippen LogP contribution in [0.25, 0.3) is 5.69 Å². The highest BCUT2D eigenvalue weighted by atomic mass is 35.5. The Morgan fingerprint density at radius 1 is 1.18 bits per heavy atom. The Morgan fingerprint density at radius 3 is 2.79 bits per heavy atom. The molecule has 0 saturated heterocycles. The van der Waals surface area contributed by atoms with Crippen LogP contribution >= 0.6 is 23.4 Å². The van der Waals surface area contributed by atoms with Gasteiger partial charge in [-0.05, 0) is 40.3 Å². The van der Waals surface area contributed by atoms with Gasteiger partial charge in [0, 0.05) is 24.2 Å². The van der Waals surface area contributed by atoms with Gasteiger partial charge in [0.15, 0.2) is 0 Å². The third kappa shape index (κ3) is 5.30. The molecule has 0 aliphatic carbocycles. The zero-order valence-electron chi connectivity index (χ0n) is 14.9. The number of benzene rings is 2. The van der Waals surface area contributed by atoms with E-state index in [9.17, 15) is 9.59 Å². The van der Waals surface area contributed by atoms with Gasteiger partial charge in [-0.3, -0.25) is 9.59 Å². The van der Waals surface area contributed by atoms with Gasteiger partial charge in [0.2, 0.25) is 17.0 Å². The molecule has 8 nitrogen and oxygen atoms in total. The number of nitrogens with one attached hydrogen (secondary N) is 2. The van der Waals surface area contributed by atoms with E-state index in [1.165, 1.54) is 23.4 Å². The number of tetrazole rings is 1. The number of carbonyl (C=O) groups excluding carboxylic acids is 2. The lowest BCUT2D eigenvalue weighted by molar-refractivity contribution is -0.118. The Bertz CT molecular complexity index is 993. The van der Waals surface area contributed by atoms with Crippen LogP contribution in [0.4, 0.5) is 5.69 Å². The molecule has 3 rings (SSSR count). The normalized spacial score (nSPS) is 10.5. The van der Waals surface area contributed by atoms with Crippen LogP contribution in [0.3, 0.4) is 0 Å². The minimum atomic E-state index is -0.168. The summed E-state index contributed by atoms with van der Waals surface area (Å²) >= 11 is 7.30. The number of halogens is 1. The van der Waals surface area contributed by atoms with Crippen molar-refractivity contribution in [1.82, 2.24) is 25.5 Å². The quantitative estimate of drug-likeness (QED) is 0.574. The fourth-order valence-electron chi connectivity index (χ4n) is 2.37. The Morgan fingerprint density at radius 2 is 2.00 bits per heavy atom. The minimum absolute atomic E-state index is 0.149. The maximum atomic E-state index is 12.1. The minimum Gasteiger partial charge on any atom is -0.351 e. The Kier molecular flexibility index (Phi) is 6.62. The highest BCUT2D eigenvalue weighted by Crippen LogP contribution is 2.20. The maximum Gasteiger partial charge on any atom is 0.230 e. The number of carbonyl (C=O) groups is 2. The highest BCUT2D eigenvalue weighted by Gasteiger charge is 2.12. The van der Waals surface area contributed by atoms with E-state index in [1.54, 1.807) is 24.3 Å². The van der Waals surface area contributed by atoms with E-state index in [2.05, 4.69) is 26.2 Å². The maximum absolute atomic E-state index is 12.1. The number of hydrogen-bond donors (Lipinski definition) is 2. The van der Waals surface area contributed by atoms with Crippen molar-refractivity contribution in [3.8, 4) is 5.69 Å². The van der Waals surface area contributed by atoms with Crippen molar-refractivity contribution >= 4 is 40.9 Å². The molecule has 0 atom stereocenters. The van der Waals surface area contributed by atoms with Gasteiger partial charge in [-0.2, -0.15) is 4.68 Å². The molecule has 0 bridgehead atoms. The van der Waals surface area contributed by atoms with Crippen molar-refractivity contribution in [3.63, 3.8) is 0 Å². The molecule has 0 fully saturated rings. The van der Waals surface area contributed by atoms with Gasteiger partial charge >= 0.3 is 0 Å². The largest absolute Gasteiger partial charge is 0.351 e. The topological polar surface area (TPSA) is 102 Å². The standard InChI is InChI=1S/C18H17ClN6O2S/c1-12(26)21-14-6-4-7-15(9-14)25-18(22-23-24-25)28-11-17(27)20-10-13-5-2-3-8-16(13)19/h2-9H,10-11H2,1H3,(H,20,27)(H,21,26). The number of nitrogens with zero attached hydrogens (tertiary/aromatic N) is 4. The molecule has 2 amide bonds. The molecule has 0 aliphatic heterocycles. The summed E-state index contributed by atoms with van der Waals surface area (Å²) in [5.74, 6) is -0.180. The monoisotopic (exact) mass is 416 g/mol. The molecule has 1 aromatic heterocycles. The molecular formula is C18H17ClN6O2S.